The van der Waals surface area contributed by atoms with Gasteiger partial charge in [0.25, 0.3) is 0 Å². The van der Waals surface area contributed by atoms with E-state index in [1.807, 2.05) is 11.9 Å². The predicted octanol–water partition coefficient (Wildman–Crippen LogP) is 2.81. The molecule has 0 spiro atoms. The van der Waals surface area contributed by atoms with Gasteiger partial charge in [-0.1, -0.05) is 6.08 Å². The standard InChI is InChI=1S/C21H25NO6/c1-5-11(2)21(26)28-17-10-22(4)7-6-13(17)18-15(24)9-16(25)19-14(23)8-12(3)27-20(18)19/h5,8-9,13,17,24-25H,6-7,10H2,1-4H3/b11-5+/t13-,17+/m0/s1. The summed E-state index contributed by atoms with van der Waals surface area (Å²) < 4.78 is 11.5. The van der Waals surface area contributed by atoms with Crippen LogP contribution in [0.4, 0.5) is 0 Å². The van der Waals surface area contributed by atoms with E-state index in [-0.39, 0.29) is 33.8 Å². The van der Waals surface area contributed by atoms with Crippen molar-refractivity contribution in [1.29, 1.82) is 0 Å². The molecule has 2 aromatic rings. The van der Waals surface area contributed by atoms with Crippen LogP contribution in [0, 0.1) is 6.92 Å². The van der Waals surface area contributed by atoms with Gasteiger partial charge in [0.05, 0.1) is 0 Å². The van der Waals surface area contributed by atoms with Gasteiger partial charge in [-0.2, -0.15) is 0 Å². The van der Waals surface area contributed by atoms with Crippen molar-refractivity contribution in [3.63, 3.8) is 0 Å². The Balaban J connectivity index is 2.15. The number of rotatable bonds is 3. The molecule has 0 amide bonds. The van der Waals surface area contributed by atoms with Crippen molar-refractivity contribution in [2.45, 2.75) is 39.2 Å². The maximum Gasteiger partial charge on any atom is 0.333 e. The number of aromatic hydroxyl groups is 2. The molecule has 7 heteroatoms. The van der Waals surface area contributed by atoms with E-state index in [0.717, 1.165) is 12.6 Å². The topological polar surface area (TPSA) is 100 Å². The Bertz CT molecular complexity index is 1010. The molecule has 1 aromatic carbocycles. The number of hydrogen-bond acceptors (Lipinski definition) is 7. The van der Waals surface area contributed by atoms with Gasteiger partial charge in [-0.3, -0.25) is 4.79 Å². The van der Waals surface area contributed by atoms with Crippen LogP contribution in [-0.4, -0.2) is 47.3 Å². The number of likely N-dealkylation sites (N-methyl/N-ethyl adjacent to an activating group) is 1. The molecule has 7 nitrogen and oxygen atoms in total. The molecule has 0 saturated carbocycles. The normalized spacial score (nSPS) is 21.1. The predicted molar refractivity (Wildman–Crippen MR) is 105 cm³/mol. The molecule has 0 unspecified atom stereocenters. The first-order valence-electron chi connectivity index (χ1n) is 9.24. The molecule has 2 atom stereocenters. The fourth-order valence-corrected chi connectivity index (χ4v) is 3.67. The molecule has 1 saturated heterocycles. The number of carbonyl (C=O) groups is 1. The van der Waals surface area contributed by atoms with Crippen LogP contribution in [0.15, 0.2) is 33.0 Å². The van der Waals surface area contributed by atoms with Crippen LogP contribution < -0.4 is 5.43 Å². The van der Waals surface area contributed by atoms with E-state index in [1.54, 1.807) is 26.8 Å². The Labute approximate surface area is 162 Å². The van der Waals surface area contributed by atoms with Crippen molar-refractivity contribution in [2.24, 2.45) is 0 Å². The molecule has 1 fully saturated rings. The zero-order valence-corrected chi connectivity index (χ0v) is 16.5. The van der Waals surface area contributed by atoms with E-state index in [2.05, 4.69) is 0 Å². The van der Waals surface area contributed by atoms with E-state index in [0.29, 0.717) is 29.9 Å². The Kier molecular flexibility index (Phi) is 5.47. The number of allylic oxidation sites excluding steroid dienone is 1. The lowest BCUT2D eigenvalue weighted by Gasteiger charge is -2.36. The van der Waals surface area contributed by atoms with Crippen LogP contribution >= 0.6 is 0 Å². The molecule has 0 aliphatic carbocycles. The summed E-state index contributed by atoms with van der Waals surface area (Å²) in [6.45, 7) is 6.27. The van der Waals surface area contributed by atoms with Crippen molar-refractivity contribution in [3.05, 3.63) is 45.3 Å². The third-order valence-electron chi connectivity index (χ3n) is 5.27. The summed E-state index contributed by atoms with van der Waals surface area (Å²) >= 11 is 0. The van der Waals surface area contributed by atoms with Gasteiger partial charge >= 0.3 is 5.97 Å². The first kappa shape index (κ1) is 19.9. The summed E-state index contributed by atoms with van der Waals surface area (Å²) in [6, 6.07) is 2.45. The lowest BCUT2D eigenvalue weighted by Crippen LogP contribution is -2.43. The molecule has 2 N–H and O–H groups in total. The van der Waals surface area contributed by atoms with Crippen LogP contribution in [0.1, 0.15) is 37.5 Å². The van der Waals surface area contributed by atoms with Gasteiger partial charge in [0.1, 0.15) is 34.3 Å². The minimum absolute atomic E-state index is 0.0204. The second-order valence-corrected chi connectivity index (χ2v) is 7.33. The number of piperidine rings is 1. The van der Waals surface area contributed by atoms with Crippen LogP contribution in [-0.2, 0) is 9.53 Å². The van der Waals surface area contributed by atoms with Gasteiger partial charge in [-0.05, 0) is 40.8 Å². The van der Waals surface area contributed by atoms with Crippen LogP contribution in [0.25, 0.3) is 11.0 Å². The number of aryl methyl sites for hydroxylation is 1. The number of phenolic OH excluding ortho intramolecular Hbond substituents is 2. The van der Waals surface area contributed by atoms with Crippen molar-refractivity contribution in [3.8, 4) is 11.5 Å². The molecule has 3 rings (SSSR count). The van der Waals surface area contributed by atoms with Crippen molar-refractivity contribution >= 4 is 16.9 Å². The van der Waals surface area contributed by atoms with E-state index in [9.17, 15) is 19.8 Å². The SMILES string of the molecule is C/C=C(\C)C(=O)O[C@@H]1CN(C)CC[C@@H]1c1c(O)cc(O)c2c(=O)cc(C)oc12. The van der Waals surface area contributed by atoms with Crippen molar-refractivity contribution < 1.29 is 24.2 Å². The highest BCUT2D eigenvalue weighted by molar-refractivity contribution is 5.89. The quantitative estimate of drug-likeness (QED) is 0.617. The lowest BCUT2D eigenvalue weighted by molar-refractivity contribution is -0.147. The molecule has 150 valence electrons. The zero-order chi connectivity index (χ0) is 20.6. The number of hydrogen-bond donors (Lipinski definition) is 2. The summed E-state index contributed by atoms with van der Waals surface area (Å²) in [5.41, 5.74) is 0.636. The van der Waals surface area contributed by atoms with Crippen LogP contribution in [0.3, 0.4) is 0 Å². The maximum absolute atomic E-state index is 12.4. The Morgan fingerprint density at radius 2 is 2.04 bits per heavy atom. The third kappa shape index (κ3) is 3.62. The number of nitrogens with zero attached hydrogens (tertiary/aromatic N) is 1. The summed E-state index contributed by atoms with van der Waals surface area (Å²) in [5.74, 6) is -0.950. The largest absolute Gasteiger partial charge is 0.507 e. The van der Waals surface area contributed by atoms with Gasteiger partial charge < -0.3 is 24.3 Å². The highest BCUT2D eigenvalue weighted by atomic mass is 16.5. The Morgan fingerprint density at radius 3 is 2.71 bits per heavy atom. The van der Waals surface area contributed by atoms with Gasteiger partial charge in [-0.15, -0.1) is 0 Å². The number of fused-ring (bicyclic) bond motifs is 1. The summed E-state index contributed by atoms with van der Waals surface area (Å²) in [4.78, 5) is 26.8. The van der Waals surface area contributed by atoms with E-state index >= 15 is 0 Å². The molecule has 2 heterocycles. The van der Waals surface area contributed by atoms with E-state index in [1.165, 1.54) is 6.07 Å². The molecule has 28 heavy (non-hydrogen) atoms. The van der Waals surface area contributed by atoms with Crippen molar-refractivity contribution in [2.75, 3.05) is 20.1 Å². The fourth-order valence-electron chi connectivity index (χ4n) is 3.67. The molecule has 1 aliphatic rings. The van der Waals surface area contributed by atoms with Crippen LogP contribution in [0.5, 0.6) is 11.5 Å². The van der Waals surface area contributed by atoms with Gasteiger partial charge in [0.2, 0.25) is 0 Å². The monoisotopic (exact) mass is 387 g/mol. The second kappa shape index (κ2) is 7.67. The highest BCUT2D eigenvalue weighted by Gasteiger charge is 2.36. The smallest absolute Gasteiger partial charge is 0.333 e. The molecular formula is C21H25NO6. The first-order valence-corrected chi connectivity index (χ1v) is 9.24. The maximum atomic E-state index is 12.4. The van der Waals surface area contributed by atoms with E-state index in [4.69, 9.17) is 9.15 Å². The number of esters is 1. The average Bonchev–Trinajstić information content (AvgIpc) is 2.61. The number of benzene rings is 1. The number of ether oxygens (including phenoxy) is 1. The molecule has 1 aromatic heterocycles. The minimum atomic E-state index is -0.536. The Hall–Kier alpha value is -2.80. The summed E-state index contributed by atoms with van der Waals surface area (Å²) in [5, 5.41) is 20.8. The lowest BCUT2D eigenvalue weighted by atomic mass is 9.85. The second-order valence-electron chi connectivity index (χ2n) is 7.33. The minimum Gasteiger partial charge on any atom is -0.507 e. The first-order chi connectivity index (χ1) is 13.2. The molecular weight excluding hydrogens is 362 g/mol. The number of carbonyl (C=O) groups excluding carboxylic acids is 1. The molecule has 0 bridgehead atoms. The third-order valence-corrected chi connectivity index (χ3v) is 5.27. The average molecular weight is 387 g/mol. The van der Waals surface area contributed by atoms with Crippen molar-refractivity contribution in [1.82, 2.24) is 4.90 Å². The molecule has 0 radical (unpaired) electrons. The Morgan fingerprint density at radius 1 is 1.32 bits per heavy atom. The molecule has 1 aliphatic heterocycles. The summed E-state index contributed by atoms with van der Waals surface area (Å²) in [7, 11) is 1.93. The van der Waals surface area contributed by atoms with Gasteiger partial charge in [-0.25, -0.2) is 4.79 Å². The van der Waals surface area contributed by atoms with Crippen LogP contribution in [0.2, 0.25) is 0 Å². The van der Waals surface area contributed by atoms with Gasteiger partial charge in [0, 0.05) is 35.7 Å². The van der Waals surface area contributed by atoms with E-state index < -0.39 is 12.1 Å². The number of likely N-dealkylation sites (tertiary alicyclic amines) is 1. The zero-order valence-electron chi connectivity index (χ0n) is 16.5. The fraction of sp³-hybridized carbons (Fsp3) is 0.429. The highest BCUT2D eigenvalue weighted by Crippen LogP contribution is 2.42. The summed E-state index contributed by atoms with van der Waals surface area (Å²) in [6.07, 6.45) is 1.74. The number of phenols is 2. The van der Waals surface area contributed by atoms with Gasteiger partial charge in [0.15, 0.2) is 5.43 Å².